The Morgan fingerprint density at radius 1 is 1.11 bits per heavy atom. The number of para-hydroxylation sites is 2. The molecule has 2 aromatic carbocycles. The highest BCUT2D eigenvalue weighted by atomic mass is 32.2. The van der Waals surface area contributed by atoms with Crippen molar-refractivity contribution in [3.05, 3.63) is 71.3 Å². The van der Waals surface area contributed by atoms with Gasteiger partial charge in [0.2, 0.25) is 0 Å². The zero-order chi connectivity index (χ0) is 19.7. The van der Waals surface area contributed by atoms with Gasteiger partial charge in [0.25, 0.3) is 10.1 Å². The van der Waals surface area contributed by atoms with E-state index in [0.29, 0.717) is 13.0 Å². The van der Waals surface area contributed by atoms with Crippen molar-refractivity contribution >= 4 is 44.5 Å². The quantitative estimate of drug-likeness (QED) is 0.707. The van der Waals surface area contributed by atoms with E-state index in [9.17, 15) is 8.42 Å². The van der Waals surface area contributed by atoms with Gasteiger partial charge in [0.05, 0.1) is 22.2 Å². The number of anilines is 1. The van der Waals surface area contributed by atoms with Gasteiger partial charge in [-0.25, -0.2) is 0 Å². The van der Waals surface area contributed by atoms with E-state index < -0.39 is 10.1 Å². The number of rotatable bonds is 5. The number of fused-ring (bicyclic) bond motifs is 2. The number of aliphatic imine (C=N–C) groups is 1. The van der Waals surface area contributed by atoms with Crippen LogP contribution in [0.5, 0.6) is 0 Å². The van der Waals surface area contributed by atoms with E-state index in [2.05, 4.69) is 34.2 Å². The highest BCUT2D eigenvalue weighted by molar-refractivity contribution is 8.03. The van der Waals surface area contributed by atoms with Crippen molar-refractivity contribution in [3.63, 3.8) is 0 Å². The van der Waals surface area contributed by atoms with Gasteiger partial charge in [0.15, 0.2) is 0 Å². The van der Waals surface area contributed by atoms with Crippen molar-refractivity contribution in [2.45, 2.75) is 18.2 Å². The fourth-order valence-corrected chi connectivity index (χ4v) is 5.00. The number of benzene rings is 2. The Balaban J connectivity index is 1.63. The summed E-state index contributed by atoms with van der Waals surface area (Å²) < 4.78 is 31.2. The van der Waals surface area contributed by atoms with E-state index in [0.717, 1.165) is 38.1 Å². The van der Waals surface area contributed by atoms with Gasteiger partial charge in [-0.05, 0) is 43.7 Å². The Morgan fingerprint density at radius 3 is 2.68 bits per heavy atom. The molecule has 0 aliphatic carbocycles. The summed E-state index contributed by atoms with van der Waals surface area (Å²) in [5.41, 5.74) is 5.24. The Hall–Kier alpha value is -2.35. The second-order valence-electron chi connectivity index (χ2n) is 6.66. The summed E-state index contributed by atoms with van der Waals surface area (Å²) in [5, 5.41) is 1.03. The molecule has 4 rings (SSSR count). The van der Waals surface area contributed by atoms with Gasteiger partial charge in [-0.15, -0.1) is 0 Å². The normalized spacial score (nSPS) is 18.5. The maximum Gasteiger partial charge on any atom is 0.264 e. The molecule has 0 amide bonds. The van der Waals surface area contributed by atoms with Crippen LogP contribution in [0.3, 0.4) is 0 Å². The standard InChI is InChI=1S/C21H20N2O3S2/c1-15-16(17-7-2-3-8-18(17)22-15)11-12-21-23(13-6-14-28(24,25)26)19-9-4-5-10-20(19)27-21/h2-5,7-12H,6,13-14H2,1H3,(H,24,25,26)/b16-11+,21-12-. The zero-order valence-electron chi connectivity index (χ0n) is 15.4. The largest absolute Gasteiger partial charge is 0.335 e. The number of thioether (sulfide) groups is 1. The molecule has 0 aromatic heterocycles. The van der Waals surface area contributed by atoms with Gasteiger partial charge in [0.1, 0.15) is 0 Å². The zero-order valence-corrected chi connectivity index (χ0v) is 17.0. The van der Waals surface area contributed by atoms with Gasteiger partial charge >= 0.3 is 0 Å². The molecule has 0 fully saturated rings. The summed E-state index contributed by atoms with van der Waals surface area (Å²) >= 11 is 1.66. The molecule has 0 saturated heterocycles. The van der Waals surface area contributed by atoms with Crippen LogP contribution in [0.4, 0.5) is 11.4 Å². The minimum Gasteiger partial charge on any atom is -0.335 e. The van der Waals surface area contributed by atoms with Gasteiger partial charge in [-0.3, -0.25) is 9.55 Å². The first-order valence-corrected chi connectivity index (χ1v) is 11.4. The molecule has 2 aromatic rings. The summed E-state index contributed by atoms with van der Waals surface area (Å²) in [5.74, 6) is -0.246. The predicted molar refractivity (Wildman–Crippen MR) is 116 cm³/mol. The first-order chi connectivity index (χ1) is 13.4. The second-order valence-corrected chi connectivity index (χ2v) is 9.29. The molecule has 0 unspecified atom stereocenters. The maximum absolute atomic E-state index is 11.1. The van der Waals surface area contributed by atoms with E-state index in [4.69, 9.17) is 4.55 Å². The molecule has 0 spiro atoms. The molecule has 2 heterocycles. The van der Waals surface area contributed by atoms with E-state index in [-0.39, 0.29) is 5.75 Å². The fourth-order valence-electron chi connectivity index (χ4n) is 3.41. The van der Waals surface area contributed by atoms with Crippen molar-refractivity contribution < 1.29 is 13.0 Å². The average molecular weight is 413 g/mol. The van der Waals surface area contributed by atoms with Crippen LogP contribution in [0, 0.1) is 0 Å². The summed E-state index contributed by atoms with van der Waals surface area (Å²) in [6.45, 7) is 2.52. The minimum atomic E-state index is -3.96. The summed E-state index contributed by atoms with van der Waals surface area (Å²) in [7, 11) is -3.96. The highest BCUT2D eigenvalue weighted by Gasteiger charge is 2.25. The average Bonchev–Trinajstić information content (AvgIpc) is 3.16. The first-order valence-electron chi connectivity index (χ1n) is 8.99. The van der Waals surface area contributed by atoms with Crippen LogP contribution >= 0.6 is 11.8 Å². The molecule has 0 saturated carbocycles. The third kappa shape index (κ3) is 3.92. The molecular formula is C21H20N2O3S2. The molecule has 2 aliphatic rings. The smallest absolute Gasteiger partial charge is 0.264 e. The Kier molecular flexibility index (Phi) is 5.14. The lowest BCUT2D eigenvalue weighted by molar-refractivity contribution is 0.481. The van der Waals surface area contributed by atoms with Crippen molar-refractivity contribution in [3.8, 4) is 0 Å². The molecule has 144 valence electrons. The fraction of sp³-hybridized carbons (Fsp3) is 0.190. The topological polar surface area (TPSA) is 70.0 Å². The van der Waals surface area contributed by atoms with Crippen LogP contribution in [0.1, 0.15) is 18.9 Å². The van der Waals surface area contributed by atoms with Crippen LogP contribution in [-0.4, -0.2) is 31.0 Å². The molecule has 7 heteroatoms. The van der Waals surface area contributed by atoms with Crippen molar-refractivity contribution in [2.24, 2.45) is 4.99 Å². The van der Waals surface area contributed by atoms with Gasteiger partial charge in [-0.2, -0.15) is 8.42 Å². The minimum absolute atomic E-state index is 0.246. The Labute approximate surface area is 169 Å². The highest BCUT2D eigenvalue weighted by Crippen LogP contribution is 2.46. The molecule has 0 bridgehead atoms. The first kappa shape index (κ1) is 19.0. The molecule has 2 aliphatic heterocycles. The monoisotopic (exact) mass is 412 g/mol. The SMILES string of the molecule is CC1=Nc2ccccc2/C1=C/C=C1\Sc2ccccc2N1CCCS(=O)(=O)O. The van der Waals surface area contributed by atoms with Crippen molar-refractivity contribution in [1.29, 1.82) is 0 Å². The van der Waals surface area contributed by atoms with Gasteiger partial charge in [0, 0.05) is 28.3 Å². The molecule has 0 radical (unpaired) electrons. The number of allylic oxidation sites excluding steroid dienone is 3. The lowest BCUT2D eigenvalue weighted by atomic mass is 10.0. The number of nitrogens with zero attached hydrogens (tertiary/aromatic N) is 2. The van der Waals surface area contributed by atoms with Crippen molar-refractivity contribution in [1.82, 2.24) is 0 Å². The predicted octanol–water partition coefficient (Wildman–Crippen LogP) is 4.91. The summed E-state index contributed by atoms with van der Waals surface area (Å²) in [6.07, 6.45) is 4.49. The van der Waals surface area contributed by atoms with Crippen LogP contribution in [0.25, 0.3) is 5.57 Å². The third-order valence-electron chi connectivity index (χ3n) is 4.69. The van der Waals surface area contributed by atoms with E-state index in [1.807, 2.05) is 43.3 Å². The Morgan fingerprint density at radius 2 is 1.86 bits per heavy atom. The summed E-state index contributed by atoms with van der Waals surface area (Å²) in [6, 6.07) is 16.1. The number of hydrogen-bond donors (Lipinski definition) is 1. The van der Waals surface area contributed by atoms with E-state index in [1.54, 1.807) is 11.8 Å². The maximum atomic E-state index is 11.1. The molecule has 5 nitrogen and oxygen atoms in total. The van der Waals surface area contributed by atoms with E-state index in [1.165, 1.54) is 0 Å². The molecule has 28 heavy (non-hydrogen) atoms. The van der Waals surface area contributed by atoms with Crippen LogP contribution in [-0.2, 0) is 10.1 Å². The van der Waals surface area contributed by atoms with Crippen LogP contribution < -0.4 is 4.90 Å². The lowest BCUT2D eigenvalue weighted by Crippen LogP contribution is -2.21. The molecule has 1 N–H and O–H groups in total. The van der Waals surface area contributed by atoms with Gasteiger partial charge in [-0.1, -0.05) is 42.1 Å². The van der Waals surface area contributed by atoms with Gasteiger partial charge < -0.3 is 4.90 Å². The number of hydrogen-bond acceptors (Lipinski definition) is 5. The molecule has 0 atom stereocenters. The van der Waals surface area contributed by atoms with Crippen LogP contribution in [0.2, 0.25) is 0 Å². The van der Waals surface area contributed by atoms with Crippen molar-refractivity contribution in [2.75, 3.05) is 17.2 Å². The second kappa shape index (κ2) is 7.58. The third-order valence-corrected chi connectivity index (χ3v) is 6.62. The lowest BCUT2D eigenvalue weighted by Gasteiger charge is -2.20. The van der Waals surface area contributed by atoms with E-state index >= 15 is 0 Å². The van der Waals surface area contributed by atoms with Crippen LogP contribution in [0.15, 0.2) is 75.6 Å². The molecular weight excluding hydrogens is 392 g/mol. The Bertz CT molecular complexity index is 1120. The summed E-state index contributed by atoms with van der Waals surface area (Å²) in [4.78, 5) is 7.86.